The maximum atomic E-state index is 14.2. The van der Waals surface area contributed by atoms with Gasteiger partial charge < -0.3 is 10.2 Å². The molecule has 0 amide bonds. The van der Waals surface area contributed by atoms with Crippen molar-refractivity contribution in [3.8, 4) is 0 Å². The molecule has 1 aromatic rings. The Balaban J connectivity index is 2.30. The van der Waals surface area contributed by atoms with Gasteiger partial charge in [0.15, 0.2) is 0 Å². The number of rotatable bonds is 5. The standard InChI is InChI=1S/C16H25FN2/c1-4-18-12(2)16-14(17)10-7-11-15(16)19(3)13-8-5-6-9-13/h7,10-13,18H,4-6,8-9H2,1-3H3. The molecule has 1 N–H and O–H groups in total. The van der Waals surface area contributed by atoms with E-state index in [-0.39, 0.29) is 11.9 Å². The van der Waals surface area contributed by atoms with Crippen LogP contribution in [0.5, 0.6) is 0 Å². The molecule has 0 aromatic heterocycles. The third kappa shape index (κ3) is 3.08. The van der Waals surface area contributed by atoms with Crippen LogP contribution in [0.3, 0.4) is 0 Å². The van der Waals surface area contributed by atoms with E-state index in [1.165, 1.54) is 25.7 Å². The van der Waals surface area contributed by atoms with Gasteiger partial charge in [0.1, 0.15) is 5.82 Å². The number of benzene rings is 1. The summed E-state index contributed by atoms with van der Waals surface area (Å²) in [7, 11) is 2.10. The second kappa shape index (κ2) is 6.38. The number of nitrogens with zero attached hydrogens (tertiary/aromatic N) is 1. The minimum Gasteiger partial charge on any atom is -0.371 e. The lowest BCUT2D eigenvalue weighted by molar-refractivity contribution is 0.536. The summed E-state index contributed by atoms with van der Waals surface area (Å²) < 4.78 is 14.2. The highest BCUT2D eigenvalue weighted by Gasteiger charge is 2.24. The summed E-state index contributed by atoms with van der Waals surface area (Å²) in [4.78, 5) is 2.28. The largest absolute Gasteiger partial charge is 0.371 e. The number of anilines is 1. The Hall–Kier alpha value is -1.09. The van der Waals surface area contributed by atoms with E-state index in [4.69, 9.17) is 0 Å². The molecular weight excluding hydrogens is 239 g/mol. The molecule has 1 aliphatic carbocycles. The van der Waals surface area contributed by atoms with Crippen molar-refractivity contribution < 1.29 is 4.39 Å². The Morgan fingerprint density at radius 1 is 1.37 bits per heavy atom. The summed E-state index contributed by atoms with van der Waals surface area (Å²) in [5.41, 5.74) is 1.85. The van der Waals surface area contributed by atoms with E-state index in [2.05, 4.69) is 24.2 Å². The molecule has 0 heterocycles. The molecule has 0 saturated heterocycles. The smallest absolute Gasteiger partial charge is 0.130 e. The molecule has 1 fully saturated rings. The molecule has 0 radical (unpaired) electrons. The molecule has 0 aliphatic heterocycles. The van der Waals surface area contributed by atoms with Crippen LogP contribution in [0.25, 0.3) is 0 Å². The number of nitrogens with one attached hydrogen (secondary N) is 1. The molecule has 0 bridgehead atoms. The van der Waals surface area contributed by atoms with E-state index in [0.29, 0.717) is 6.04 Å². The van der Waals surface area contributed by atoms with Gasteiger partial charge in [-0.05, 0) is 38.4 Å². The lowest BCUT2D eigenvalue weighted by atomic mass is 10.0. The van der Waals surface area contributed by atoms with Crippen molar-refractivity contribution in [2.45, 2.75) is 51.6 Å². The zero-order valence-corrected chi connectivity index (χ0v) is 12.2. The van der Waals surface area contributed by atoms with Gasteiger partial charge in [-0.1, -0.05) is 25.8 Å². The van der Waals surface area contributed by atoms with Gasteiger partial charge in [0, 0.05) is 30.4 Å². The van der Waals surface area contributed by atoms with Gasteiger partial charge >= 0.3 is 0 Å². The summed E-state index contributed by atoms with van der Waals surface area (Å²) in [5.74, 6) is -0.101. The quantitative estimate of drug-likeness (QED) is 0.868. The molecule has 2 rings (SSSR count). The van der Waals surface area contributed by atoms with E-state index in [1.807, 2.05) is 19.1 Å². The third-order valence-corrected chi connectivity index (χ3v) is 4.23. The highest BCUT2D eigenvalue weighted by atomic mass is 19.1. The predicted octanol–water partition coefficient (Wildman–Crippen LogP) is 3.88. The van der Waals surface area contributed by atoms with Crippen LogP contribution in [0.4, 0.5) is 10.1 Å². The monoisotopic (exact) mass is 264 g/mol. The molecule has 2 nitrogen and oxygen atoms in total. The molecule has 1 aromatic carbocycles. The first kappa shape index (κ1) is 14.3. The number of hydrogen-bond acceptors (Lipinski definition) is 2. The van der Waals surface area contributed by atoms with Crippen molar-refractivity contribution in [2.24, 2.45) is 0 Å². The number of hydrogen-bond donors (Lipinski definition) is 1. The normalized spacial score (nSPS) is 17.7. The van der Waals surface area contributed by atoms with E-state index in [1.54, 1.807) is 6.07 Å². The van der Waals surface area contributed by atoms with Crippen LogP contribution in [-0.4, -0.2) is 19.6 Å². The SMILES string of the molecule is CCNC(C)c1c(F)cccc1N(C)C1CCCC1. The van der Waals surface area contributed by atoms with Crippen LogP contribution in [0, 0.1) is 5.82 Å². The van der Waals surface area contributed by atoms with Crippen molar-refractivity contribution in [1.82, 2.24) is 5.32 Å². The van der Waals surface area contributed by atoms with Crippen LogP contribution < -0.4 is 10.2 Å². The fraction of sp³-hybridized carbons (Fsp3) is 0.625. The number of halogens is 1. The molecule has 106 valence electrons. The first-order valence-corrected chi connectivity index (χ1v) is 7.39. The van der Waals surface area contributed by atoms with Crippen LogP contribution in [0.2, 0.25) is 0 Å². The zero-order valence-electron chi connectivity index (χ0n) is 12.2. The molecule has 1 atom stereocenters. The zero-order chi connectivity index (χ0) is 13.8. The van der Waals surface area contributed by atoms with E-state index in [9.17, 15) is 4.39 Å². The van der Waals surface area contributed by atoms with Gasteiger partial charge in [0.2, 0.25) is 0 Å². The van der Waals surface area contributed by atoms with Crippen molar-refractivity contribution in [2.75, 3.05) is 18.5 Å². The van der Waals surface area contributed by atoms with Gasteiger partial charge in [-0.3, -0.25) is 0 Å². The average molecular weight is 264 g/mol. The second-order valence-corrected chi connectivity index (χ2v) is 5.50. The maximum Gasteiger partial charge on any atom is 0.130 e. The topological polar surface area (TPSA) is 15.3 Å². The maximum absolute atomic E-state index is 14.2. The summed E-state index contributed by atoms with van der Waals surface area (Å²) >= 11 is 0. The van der Waals surface area contributed by atoms with Crippen LogP contribution in [-0.2, 0) is 0 Å². The molecule has 1 aliphatic rings. The second-order valence-electron chi connectivity index (χ2n) is 5.50. The Labute approximate surface area is 116 Å². The van der Waals surface area contributed by atoms with Crippen molar-refractivity contribution in [3.05, 3.63) is 29.6 Å². The van der Waals surface area contributed by atoms with E-state index < -0.39 is 0 Å². The van der Waals surface area contributed by atoms with E-state index >= 15 is 0 Å². The van der Waals surface area contributed by atoms with Gasteiger partial charge in [-0.25, -0.2) is 4.39 Å². The highest BCUT2D eigenvalue weighted by Crippen LogP contribution is 2.33. The lowest BCUT2D eigenvalue weighted by Crippen LogP contribution is -2.31. The summed E-state index contributed by atoms with van der Waals surface area (Å²) in [6.07, 6.45) is 5.04. The fourth-order valence-electron chi connectivity index (χ4n) is 3.16. The first-order chi connectivity index (χ1) is 9.15. The minimum absolute atomic E-state index is 0.0463. The molecule has 1 unspecified atom stereocenters. The predicted molar refractivity (Wildman–Crippen MR) is 79.2 cm³/mol. The Morgan fingerprint density at radius 3 is 2.68 bits per heavy atom. The van der Waals surface area contributed by atoms with Crippen LogP contribution in [0.1, 0.15) is 51.1 Å². The molecule has 1 saturated carbocycles. The average Bonchev–Trinajstić information content (AvgIpc) is 2.91. The van der Waals surface area contributed by atoms with Crippen molar-refractivity contribution >= 4 is 5.69 Å². The minimum atomic E-state index is -0.101. The Bertz CT molecular complexity index is 413. The van der Waals surface area contributed by atoms with Gasteiger partial charge in [-0.15, -0.1) is 0 Å². The molecule has 0 spiro atoms. The molecule has 3 heteroatoms. The van der Waals surface area contributed by atoms with Crippen molar-refractivity contribution in [3.63, 3.8) is 0 Å². The van der Waals surface area contributed by atoms with Crippen molar-refractivity contribution in [1.29, 1.82) is 0 Å². The Kier molecular flexibility index (Phi) is 4.81. The fourth-order valence-corrected chi connectivity index (χ4v) is 3.16. The van der Waals surface area contributed by atoms with Crippen LogP contribution in [0.15, 0.2) is 18.2 Å². The molecular formula is C16H25FN2. The Morgan fingerprint density at radius 2 is 2.05 bits per heavy atom. The first-order valence-electron chi connectivity index (χ1n) is 7.39. The molecule has 19 heavy (non-hydrogen) atoms. The summed E-state index contributed by atoms with van der Waals surface area (Å²) in [5, 5.41) is 3.32. The van der Waals surface area contributed by atoms with Gasteiger partial charge in [0.05, 0.1) is 0 Å². The summed E-state index contributed by atoms with van der Waals surface area (Å²) in [6, 6.07) is 6.04. The highest BCUT2D eigenvalue weighted by molar-refractivity contribution is 5.56. The third-order valence-electron chi connectivity index (χ3n) is 4.23. The van der Waals surface area contributed by atoms with Gasteiger partial charge in [-0.2, -0.15) is 0 Å². The lowest BCUT2D eigenvalue weighted by Gasteiger charge is -2.30. The van der Waals surface area contributed by atoms with Crippen LogP contribution >= 0.6 is 0 Å². The summed E-state index contributed by atoms with van der Waals surface area (Å²) in [6.45, 7) is 4.94. The van der Waals surface area contributed by atoms with Gasteiger partial charge in [0.25, 0.3) is 0 Å². The van der Waals surface area contributed by atoms with E-state index in [0.717, 1.165) is 17.8 Å².